The van der Waals surface area contributed by atoms with Gasteiger partial charge in [-0.1, -0.05) is 44.5 Å². The molecule has 1 aromatic heterocycles. The first-order chi connectivity index (χ1) is 14.0. The van der Waals surface area contributed by atoms with Gasteiger partial charge in [0.05, 0.1) is 16.1 Å². The number of sulfonamides is 1. The second-order valence-electron chi connectivity index (χ2n) is 7.81. The fourth-order valence-corrected chi connectivity index (χ4v) is 4.13. The summed E-state index contributed by atoms with van der Waals surface area (Å²) in [6, 6.07) is 15.1. The van der Waals surface area contributed by atoms with Crippen LogP contribution in [0.1, 0.15) is 42.4 Å². The smallest absolute Gasteiger partial charge is 0.264 e. The van der Waals surface area contributed by atoms with E-state index in [-0.39, 0.29) is 32.3 Å². The number of pyridine rings is 1. The summed E-state index contributed by atoms with van der Waals surface area (Å²) in [5.41, 5.74) is 0.749. The van der Waals surface area contributed by atoms with Crippen molar-refractivity contribution in [1.82, 2.24) is 0 Å². The second-order valence-corrected chi connectivity index (χ2v) is 9.93. The van der Waals surface area contributed by atoms with Crippen LogP contribution in [-0.2, 0) is 15.4 Å². The maximum atomic E-state index is 12.9. The van der Waals surface area contributed by atoms with Gasteiger partial charge >= 0.3 is 0 Å². The molecule has 2 aromatic carbocycles. The first kappa shape index (κ1) is 21.8. The zero-order chi connectivity index (χ0) is 22.1. The molecule has 1 heterocycles. The molecular weight excluding hydrogens is 424 g/mol. The second kappa shape index (κ2) is 8.08. The van der Waals surface area contributed by atoms with Crippen LogP contribution in [0.3, 0.4) is 0 Å². The van der Waals surface area contributed by atoms with Crippen LogP contribution in [0.5, 0.6) is 0 Å². The fourth-order valence-electron chi connectivity index (χ4n) is 2.87. The van der Waals surface area contributed by atoms with Gasteiger partial charge in [-0.15, -0.1) is 0 Å². The molecule has 0 atom stereocenters. The van der Waals surface area contributed by atoms with Gasteiger partial charge < -0.3 is 5.21 Å². The fraction of sp³-hybridized carbons (Fsp3) is 0.182. The topological polar surface area (TPSA) is 90.2 Å². The zero-order valence-electron chi connectivity index (χ0n) is 16.7. The van der Waals surface area contributed by atoms with Crippen molar-refractivity contribution < 1.29 is 17.9 Å². The zero-order valence-corrected chi connectivity index (χ0v) is 18.3. The van der Waals surface area contributed by atoms with Crippen molar-refractivity contribution in [2.45, 2.75) is 31.1 Å². The monoisotopic (exact) mass is 444 g/mol. The lowest BCUT2D eigenvalue weighted by Gasteiger charge is -2.19. The molecule has 0 aliphatic heterocycles. The highest BCUT2D eigenvalue weighted by molar-refractivity contribution is 7.92. The minimum absolute atomic E-state index is 0.0202. The molecule has 0 bridgehead atoms. The molecule has 0 unspecified atom stereocenters. The number of carbonyl (C=O) groups excluding carboxylic acids is 1. The van der Waals surface area contributed by atoms with E-state index in [0.29, 0.717) is 4.73 Å². The van der Waals surface area contributed by atoms with E-state index in [9.17, 15) is 18.4 Å². The van der Waals surface area contributed by atoms with E-state index < -0.39 is 15.8 Å². The van der Waals surface area contributed by atoms with Crippen LogP contribution in [0.2, 0.25) is 5.02 Å². The van der Waals surface area contributed by atoms with Crippen molar-refractivity contribution >= 4 is 33.1 Å². The molecule has 6 nitrogen and oxygen atoms in total. The number of aromatic nitrogens is 1. The van der Waals surface area contributed by atoms with E-state index in [1.807, 2.05) is 20.8 Å². The number of nitrogens with zero attached hydrogens (tertiary/aromatic N) is 1. The van der Waals surface area contributed by atoms with Crippen molar-refractivity contribution in [2.75, 3.05) is 4.72 Å². The third kappa shape index (κ3) is 4.63. The van der Waals surface area contributed by atoms with Gasteiger partial charge in [-0.2, -0.15) is 4.73 Å². The molecule has 156 valence electrons. The maximum Gasteiger partial charge on any atom is 0.264 e. The first-order valence-corrected chi connectivity index (χ1v) is 11.0. The van der Waals surface area contributed by atoms with E-state index in [1.54, 1.807) is 18.2 Å². The van der Waals surface area contributed by atoms with Crippen LogP contribution in [0, 0.1) is 5.21 Å². The summed E-state index contributed by atoms with van der Waals surface area (Å²) in [5, 5.41) is 12.2. The number of nitrogens with one attached hydrogen (secondary N) is 1. The van der Waals surface area contributed by atoms with Gasteiger partial charge in [0.25, 0.3) is 21.5 Å². The van der Waals surface area contributed by atoms with Gasteiger partial charge in [-0.25, -0.2) is 8.42 Å². The SMILES string of the molecule is CC(C)(C)c1ccc(S(=O)(=O)Nc2ccc(Cl)cc2C(=O)c2cccc[n+]2[O-])cc1. The number of ketones is 1. The van der Waals surface area contributed by atoms with E-state index in [1.165, 1.54) is 48.7 Å². The van der Waals surface area contributed by atoms with E-state index in [0.717, 1.165) is 5.56 Å². The number of carbonyl (C=O) groups is 1. The molecule has 0 spiro atoms. The van der Waals surface area contributed by atoms with Crippen molar-refractivity contribution in [3.05, 3.63) is 93.9 Å². The van der Waals surface area contributed by atoms with Crippen LogP contribution in [0.15, 0.2) is 71.8 Å². The molecule has 3 rings (SSSR count). The summed E-state index contributed by atoms with van der Waals surface area (Å²) in [7, 11) is -3.97. The highest BCUT2D eigenvalue weighted by Gasteiger charge is 2.24. The Morgan fingerprint density at radius 3 is 2.30 bits per heavy atom. The van der Waals surface area contributed by atoms with Crippen molar-refractivity contribution in [1.29, 1.82) is 0 Å². The highest BCUT2D eigenvalue weighted by atomic mass is 35.5. The van der Waals surface area contributed by atoms with Gasteiger partial charge in [0.15, 0.2) is 6.20 Å². The van der Waals surface area contributed by atoms with Crippen LogP contribution in [-0.4, -0.2) is 14.2 Å². The standard InChI is InChI=1S/C22H21ClN2O4S/c1-22(2,3)15-7-10-17(11-8-15)30(28,29)24-19-12-9-16(23)14-18(19)21(26)20-6-4-5-13-25(20)27/h4-14,24H,1-3H3. The van der Waals surface area contributed by atoms with Gasteiger partial charge in [0.2, 0.25) is 0 Å². The Hall–Kier alpha value is -2.90. The molecule has 0 amide bonds. The summed E-state index contributed by atoms with van der Waals surface area (Å²) in [6.45, 7) is 6.10. The number of anilines is 1. The lowest BCUT2D eigenvalue weighted by atomic mass is 9.87. The molecule has 8 heteroatoms. The molecule has 0 aliphatic carbocycles. The molecular formula is C22H21ClN2O4S. The first-order valence-electron chi connectivity index (χ1n) is 9.15. The van der Waals surface area contributed by atoms with Crippen LogP contribution in [0.25, 0.3) is 0 Å². The number of halogens is 1. The Bertz CT molecular complexity index is 1200. The number of hydrogen-bond donors (Lipinski definition) is 1. The molecule has 0 aliphatic rings. The van der Waals surface area contributed by atoms with E-state index in [4.69, 9.17) is 11.6 Å². The predicted molar refractivity (Wildman–Crippen MR) is 116 cm³/mol. The Labute approximate surface area is 180 Å². The minimum atomic E-state index is -3.97. The van der Waals surface area contributed by atoms with Gasteiger partial charge in [0.1, 0.15) is 0 Å². The molecule has 1 N–H and O–H groups in total. The molecule has 3 aromatic rings. The summed E-state index contributed by atoms with van der Waals surface area (Å²) in [5.74, 6) is -0.645. The average molecular weight is 445 g/mol. The van der Waals surface area contributed by atoms with Crippen molar-refractivity contribution in [3.63, 3.8) is 0 Å². The van der Waals surface area contributed by atoms with E-state index >= 15 is 0 Å². The van der Waals surface area contributed by atoms with Crippen molar-refractivity contribution in [3.8, 4) is 0 Å². The van der Waals surface area contributed by atoms with Gasteiger partial charge in [0, 0.05) is 17.2 Å². The summed E-state index contributed by atoms with van der Waals surface area (Å²) in [4.78, 5) is 13.0. The molecule has 0 saturated carbocycles. The van der Waals surface area contributed by atoms with E-state index in [2.05, 4.69) is 4.72 Å². The van der Waals surface area contributed by atoms with Crippen LogP contribution < -0.4 is 9.45 Å². The largest absolute Gasteiger partial charge is 0.618 e. The lowest BCUT2D eigenvalue weighted by Crippen LogP contribution is -2.34. The quantitative estimate of drug-likeness (QED) is 0.361. The number of rotatable bonds is 5. The molecule has 0 radical (unpaired) electrons. The molecule has 0 fully saturated rings. The maximum absolute atomic E-state index is 12.9. The Morgan fingerprint density at radius 2 is 1.70 bits per heavy atom. The lowest BCUT2D eigenvalue weighted by molar-refractivity contribution is -0.607. The number of benzene rings is 2. The molecule has 0 saturated heterocycles. The van der Waals surface area contributed by atoms with Crippen LogP contribution in [0.4, 0.5) is 5.69 Å². The third-order valence-electron chi connectivity index (χ3n) is 4.56. The van der Waals surface area contributed by atoms with Gasteiger partial charge in [-0.05, 0) is 47.4 Å². The Morgan fingerprint density at radius 1 is 1.03 bits per heavy atom. The van der Waals surface area contributed by atoms with Crippen LogP contribution >= 0.6 is 11.6 Å². The number of hydrogen-bond acceptors (Lipinski definition) is 4. The van der Waals surface area contributed by atoms with Crippen molar-refractivity contribution in [2.24, 2.45) is 0 Å². The Balaban J connectivity index is 1.99. The summed E-state index contributed by atoms with van der Waals surface area (Å²) >= 11 is 6.02. The highest BCUT2D eigenvalue weighted by Crippen LogP contribution is 2.27. The third-order valence-corrected chi connectivity index (χ3v) is 6.17. The summed E-state index contributed by atoms with van der Waals surface area (Å²) in [6.07, 6.45) is 1.19. The minimum Gasteiger partial charge on any atom is -0.618 e. The van der Waals surface area contributed by atoms with Gasteiger partial charge in [-0.3, -0.25) is 9.52 Å². The Kier molecular flexibility index (Phi) is 5.87. The predicted octanol–water partition coefficient (Wildman–Crippen LogP) is 4.30. The normalized spacial score (nSPS) is 11.9. The molecule has 30 heavy (non-hydrogen) atoms. The summed E-state index contributed by atoms with van der Waals surface area (Å²) < 4.78 is 28.7. The average Bonchev–Trinajstić information content (AvgIpc) is 2.68.